The van der Waals surface area contributed by atoms with E-state index < -0.39 is 5.82 Å². The lowest BCUT2D eigenvalue weighted by Gasteiger charge is -2.17. The highest BCUT2D eigenvalue weighted by atomic mass is 32.2. The highest BCUT2D eigenvalue weighted by molar-refractivity contribution is 8.14. The van der Waals surface area contributed by atoms with Gasteiger partial charge in [-0.15, -0.1) is 0 Å². The van der Waals surface area contributed by atoms with Gasteiger partial charge in [-0.25, -0.2) is 9.38 Å². The van der Waals surface area contributed by atoms with Crippen molar-refractivity contribution in [2.24, 2.45) is 4.99 Å². The van der Waals surface area contributed by atoms with E-state index in [4.69, 9.17) is 0 Å². The van der Waals surface area contributed by atoms with E-state index in [0.717, 1.165) is 28.2 Å². The van der Waals surface area contributed by atoms with Crippen LogP contribution < -0.4 is 10.2 Å². The Kier molecular flexibility index (Phi) is 6.36. The number of carbonyl (C=O) groups excluding carboxylic acids is 2. The molecule has 0 atom stereocenters. The smallest absolute Gasteiger partial charge is 0.283 e. The molecule has 0 unspecified atom stereocenters. The van der Waals surface area contributed by atoms with E-state index in [0.29, 0.717) is 16.5 Å². The lowest BCUT2D eigenvalue weighted by atomic mass is 10.2. The van der Waals surface area contributed by atoms with Gasteiger partial charge in [0.05, 0.1) is 22.6 Å². The molecule has 6 nitrogen and oxygen atoms in total. The monoisotopic (exact) mass is 482 g/mol. The number of fused-ring (bicyclic) bond motifs is 1. The molecule has 0 saturated heterocycles. The molecule has 0 saturated carbocycles. The molecule has 2 heterocycles. The Morgan fingerprint density at radius 1 is 0.971 bits per heavy atom. The maximum Gasteiger partial charge on any atom is 0.283 e. The summed E-state index contributed by atoms with van der Waals surface area (Å²) in [5, 5.41) is 4.09. The maximum absolute atomic E-state index is 13.5. The molecule has 0 radical (unpaired) electrons. The highest BCUT2D eigenvalue weighted by Gasteiger charge is 2.32. The third-order valence-corrected chi connectivity index (χ3v) is 6.21. The Balaban J connectivity index is 1.38. The molecule has 0 fully saturated rings. The Labute approximate surface area is 205 Å². The number of nitrogens with zero attached hydrogens (tertiary/aromatic N) is 3. The van der Waals surface area contributed by atoms with Crippen LogP contribution in [0.3, 0.4) is 0 Å². The van der Waals surface area contributed by atoms with Crippen LogP contribution in [0.4, 0.5) is 15.8 Å². The number of carbonyl (C=O) groups is 2. The number of aliphatic imine (C=N–C) groups is 1. The molecule has 5 rings (SSSR count). The van der Waals surface area contributed by atoms with Crippen molar-refractivity contribution in [2.45, 2.75) is 0 Å². The minimum atomic E-state index is -0.407. The minimum absolute atomic E-state index is 0.0269. The van der Waals surface area contributed by atoms with Gasteiger partial charge >= 0.3 is 0 Å². The molecule has 0 spiro atoms. The number of aromatic nitrogens is 1. The second-order valence-corrected chi connectivity index (χ2v) is 8.61. The average Bonchev–Trinajstić information content (AvgIpc) is 3.19. The Morgan fingerprint density at radius 2 is 1.77 bits per heavy atom. The zero-order chi connectivity index (χ0) is 24.2. The number of amidine groups is 1. The molecular formula is C27H19FN4O2S. The van der Waals surface area contributed by atoms with Crippen molar-refractivity contribution in [1.29, 1.82) is 0 Å². The first-order chi connectivity index (χ1) is 17.1. The van der Waals surface area contributed by atoms with E-state index in [1.54, 1.807) is 12.3 Å². The number of benzene rings is 3. The normalized spacial score (nSPS) is 14.4. The van der Waals surface area contributed by atoms with Crippen LogP contribution in [0.15, 0.2) is 102 Å². The SMILES string of the molecule is O=C(CSC1=N/C(=C/c2ccccc2)C(=O)N1c1ccc(F)cc1)Nc1cccc2ncccc12. The molecule has 4 aromatic rings. The van der Waals surface area contributed by atoms with Crippen LogP contribution in [0.25, 0.3) is 17.0 Å². The Morgan fingerprint density at radius 3 is 2.57 bits per heavy atom. The van der Waals surface area contributed by atoms with Crippen LogP contribution in [-0.4, -0.2) is 27.7 Å². The molecule has 1 N–H and O–H groups in total. The summed E-state index contributed by atoms with van der Waals surface area (Å²) in [6.45, 7) is 0. The van der Waals surface area contributed by atoms with Gasteiger partial charge in [-0.05, 0) is 60.2 Å². The number of hydrogen-bond donors (Lipinski definition) is 1. The van der Waals surface area contributed by atoms with Gasteiger partial charge in [0.15, 0.2) is 5.17 Å². The van der Waals surface area contributed by atoms with Crippen LogP contribution in [0.1, 0.15) is 5.56 Å². The Hall–Kier alpha value is -4.30. The largest absolute Gasteiger partial charge is 0.325 e. The summed E-state index contributed by atoms with van der Waals surface area (Å²) in [7, 11) is 0. The number of hydrogen-bond acceptors (Lipinski definition) is 5. The van der Waals surface area contributed by atoms with Crippen LogP contribution >= 0.6 is 11.8 Å². The zero-order valence-electron chi connectivity index (χ0n) is 18.4. The number of pyridine rings is 1. The Bertz CT molecular complexity index is 1460. The van der Waals surface area contributed by atoms with Crippen LogP contribution in [0.5, 0.6) is 0 Å². The molecule has 35 heavy (non-hydrogen) atoms. The standard InChI is InChI=1S/C27H19FN4O2S/c28-19-11-13-20(14-12-19)32-26(34)24(16-18-6-2-1-3-7-18)31-27(32)35-17-25(33)30-23-10-4-9-22-21(23)8-5-15-29-22/h1-16H,17H2,(H,30,33)/b24-16+. The van der Waals surface area contributed by atoms with E-state index in [2.05, 4.69) is 15.3 Å². The van der Waals surface area contributed by atoms with Crippen LogP contribution in [0, 0.1) is 5.82 Å². The molecule has 172 valence electrons. The van der Waals surface area contributed by atoms with Gasteiger partial charge < -0.3 is 5.32 Å². The fourth-order valence-corrected chi connectivity index (χ4v) is 4.46. The fraction of sp³-hybridized carbons (Fsp3) is 0.0370. The minimum Gasteiger partial charge on any atom is -0.325 e. The summed E-state index contributed by atoms with van der Waals surface area (Å²) < 4.78 is 13.5. The van der Waals surface area contributed by atoms with Gasteiger partial charge in [0.25, 0.3) is 5.91 Å². The second-order valence-electron chi connectivity index (χ2n) is 7.66. The van der Waals surface area contributed by atoms with E-state index in [1.807, 2.05) is 60.7 Å². The number of amides is 2. The number of anilines is 2. The molecule has 0 bridgehead atoms. The van der Waals surface area contributed by atoms with Gasteiger partial charge in [0.2, 0.25) is 5.91 Å². The summed E-state index contributed by atoms with van der Waals surface area (Å²) >= 11 is 1.13. The third-order valence-electron chi connectivity index (χ3n) is 5.27. The van der Waals surface area contributed by atoms with Crippen molar-refractivity contribution in [3.8, 4) is 0 Å². The third kappa shape index (κ3) is 4.97. The van der Waals surface area contributed by atoms with Gasteiger partial charge in [0.1, 0.15) is 11.5 Å². The van der Waals surface area contributed by atoms with Crippen molar-refractivity contribution in [3.05, 3.63) is 108 Å². The van der Waals surface area contributed by atoms with Crippen molar-refractivity contribution in [1.82, 2.24) is 4.98 Å². The summed E-state index contributed by atoms with van der Waals surface area (Å²) in [6.07, 6.45) is 3.39. The van der Waals surface area contributed by atoms with Crippen molar-refractivity contribution in [2.75, 3.05) is 16.0 Å². The zero-order valence-corrected chi connectivity index (χ0v) is 19.2. The van der Waals surface area contributed by atoms with E-state index in [1.165, 1.54) is 29.2 Å². The average molecular weight is 483 g/mol. The first-order valence-electron chi connectivity index (χ1n) is 10.8. The summed E-state index contributed by atoms with van der Waals surface area (Å²) in [6, 6.07) is 24.2. The number of thioether (sulfide) groups is 1. The second kappa shape index (κ2) is 9.90. The van der Waals surface area contributed by atoms with Gasteiger partial charge in [-0.1, -0.05) is 48.2 Å². The first kappa shape index (κ1) is 22.5. The van der Waals surface area contributed by atoms with Crippen molar-refractivity contribution in [3.63, 3.8) is 0 Å². The molecule has 2 amide bonds. The maximum atomic E-state index is 13.5. The predicted octanol–water partition coefficient (Wildman–Crippen LogP) is 5.49. The summed E-state index contributed by atoms with van der Waals surface area (Å²) in [5.41, 5.74) is 2.98. The topological polar surface area (TPSA) is 74.7 Å². The van der Waals surface area contributed by atoms with Gasteiger partial charge in [-0.2, -0.15) is 0 Å². The van der Waals surface area contributed by atoms with E-state index >= 15 is 0 Å². The number of rotatable bonds is 5. The van der Waals surface area contributed by atoms with E-state index in [-0.39, 0.29) is 23.3 Å². The molecule has 3 aromatic carbocycles. The van der Waals surface area contributed by atoms with Crippen molar-refractivity contribution < 1.29 is 14.0 Å². The molecule has 0 aliphatic carbocycles. The predicted molar refractivity (Wildman–Crippen MR) is 139 cm³/mol. The van der Waals surface area contributed by atoms with Gasteiger partial charge in [-0.3, -0.25) is 19.5 Å². The molecule has 1 aliphatic heterocycles. The lowest BCUT2D eigenvalue weighted by molar-refractivity contribution is -0.114. The molecule has 8 heteroatoms. The lowest BCUT2D eigenvalue weighted by Crippen LogP contribution is -2.31. The van der Waals surface area contributed by atoms with E-state index in [9.17, 15) is 14.0 Å². The molecule has 1 aromatic heterocycles. The summed E-state index contributed by atoms with van der Waals surface area (Å²) in [5.74, 6) is -0.973. The van der Waals surface area contributed by atoms with Crippen LogP contribution in [-0.2, 0) is 9.59 Å². The first-order valence-corrected chi connectivity index (χ1v) is 11.8. The quantitative estimate of drug-likeness (QED) is 0.382. The number of nitrogens with one attached hydrogen (secondary N) is 1. The summed E-state index contributed by atoms with van der Waals surface area (Å²) in [4.78, 5) is 36.2. The van der Waals surface area contributed by atoms with Crippen LogP contribution in [0.2, 0.25) is 0 Å². The number of halogens is 1. The van der Waals surface area contributed by atoms with Crippen molar-refractivity contribution >= 4 is 57.1 Å². The fourth-order valence-electron chi connectivity index (χ4n) is 3.65. The van der Waals surface area contributed by atoms with Gasteiger partial charge in [0, 0.05) is 11.6 Å². The highest BCUT2D eigenvalue weighted by Crippen LogP contribution is 2.30. The molecule has 1 aliphatic rings. The molecular weight excluding hydrogens is 463 g/mol.